The van der Waals surface area contributed by atoms with Crippen molar-refractivity contribution in [2.75, 3.05) is 5.75 Å². The Bertz CT molecular complexity index is 516. The van der Waals surface area contributed by atoms with Crippen LogP contribution in [0.4, 0.5) is 4.79 Å². The van der Waals surface area contributed by atoms with Crippen molar-refractivity contribution in [2.24, 2.45) is 0 Å². The number of ether oxygens (including phenoxy) is 2. The molecule has 0 bridgehead atoms. The molecule has 0 aliphatic carbocycles. The first-order valence-electron chi connectivity index (χ1n) is 7.35. The zero-order valence-electron chi connectivity index (χ0n) is 14.2. The smallest absolute Gasteiger partial charge is 0.417 e. The van der Waals surface area contributed by atoms with E-state index in [1.165, 1.54) is 0 Å². The Hall–Kier alpha value is -1.67. The van der Waals surface area contributed by atoms with Crippen LogP contribution < -0.4 is 0 Å². The normalized spacial score (nSPS) is 12.6. The van der Waals surface area contributed by atoms with E-state index in [1.54, 1.807) is 39.5 Å². The summed E-state index contributed by atoms with van der Waals surface area (Å²) in [5.41, 5.74) is 0.0301. The molecule has 1 N–H and O–H groups in total. The zero-order valence-corrected chi connectivity index (χ0v) is 15.0. The maximum Gasteiger partial charge on any atom is 0.417 e. The lowest BCUT2D eigenvalue weighted by Crippen LogP contribution is -2.42. The first-order valence-corrected chi connectivity index (χ1v) is 8.34. The van der Waals surface area contributed by atoms with Crippen LogP contribution in [0.15, 0.2) is 17.2 Å². The standard InChI is InChI=1S/C15H24N4O3S/c1-6-23-13-8-7-12(17-18-13)9-21-11(2)19(10-16)14(20)22-15(3,4)5/h7-8,10-11,16H,6,9H2,1-5H3. The number of aromatic nitrogens is 2. The van der Waals surface area contributed by atoms with Crippen molar-refractivity contribution < 1.29 is 14.3 Å². The van der Waals surface area contributed by atoms with Gasteiger partial charge < -0.3 is 9.47 Å². The van der Waals surface area contributed by atoms with Crippen LogP contribution in [0.2, 0.25) is 0 Å². The lowest BCUT2D eigenvalue weighted by molar-refractivity contribution is -0.0382. The molecular formula is C15H24N4O3S. The minimum absolute atomic E-state index is 0.193. The fourth-order valence-electron chi connectivity index (χ4n) is 1.56. The molecule has 1 heterocycles. The van der Waals surface area contributed by atoms with Gasteiger partial charge in [-0.05, 0) is 45.6 Å². The summed E-state index contributed by atoms with van der Waals surface area (Å²) in [4.78, 5) is 13.1. The third-order valence-electron chi connectivity index (χ3n) is 2.60. The number of hydrogen-bond donors (Lipinski definition) is 1. The topological polar surface area (TPSA) is 88.4 Å². The number of thioether (sulfide) groups is 1. The molecule has 1 atom stereocenters. The van der Waals surface area contributed by atoms with Gasteiger partial charge in [-0.3, -0.25) is 5.41 Å². The molecule has 128 valence electrons. The predicted octanol–water partition coefficient (Wildman–Crippen LogP) is 3.30. The molecule has 0 spiro atoms. The Morgan fingerprint density at radius 1 is 1.43 bits per heavy atom. The second kappa shape index (κ2) is 8.83. The summed E-state index contributed by atoms with van der Waals surface area (Å²) in [6, 6.07) is 3.71. The van der Waals surface area contributed by atoms with E-state index in [0.29, 0.717) is 5.69 Å². The average Bonchev–Trinajstić information content (AvgIpc) is 2.45. The predicted molar refractivity (Wildman–Crippen MR) is 89.5 cm³/mol. The monoisotopic (exact) mass is 340 g/mol. The van der Waals surface area contributed by atoms with Crippen LogP contribution in [0.3, 0.4) is 0 Å². The van der Waals surface area contributed by atoms with Crippen molar-refractivity contribution in [3.8, 4) is 0 Å². The van der Waals surface area contributed by atoms with Crippen molar-refractivity contribution in [3.05, 3.63) is 17.8 Å². The summed E-state index contributed by atoms with van der Waals surface area (Å²) in [6.45, 7) is 9.22. The molecule has 1 amide bonds. The third kappa shape index (κ3) is 6.96. The summed E-state index contributed by atoms with van der Waals surface area (Å²) in [6.07, 6.45) is -0.375. The highest BCUT2D eigenvalue weighted by molar-refractivity contribution is 7.99. The Morgan fingerprint density at radius 3 is 2.61 bits per heavy atom. The molecule has 0 saturated carbocycles. The van der Waals surface area contributed by atoms with E-state index < -0.39 is 17.9 Å². The van der Waals surface area contributed by atoms with Crippen LogP contribution in [0.1, 0.15) is 40.3 Å². The highest BCUT2D eigenvalue weighted by Gasteiger charge is 2.25. The fourth-order valence-corrected chi connectivity index (χ4v) is 2.12. The zero-order chi connectivity index (χ0) is 17.5. The number of nitrogens with one attached hydrogen (secondary N) is 1. The van der Waals surface area contributed by atoms with Crippen molar-refractivity contribution in [3.63, 3.8) is 0 Å². The molecule has 1 aromatic heterocycles. The largest absolute Gasteiger partial charge is 0.443 e. The number of amides is 1. The molecule has 0 aliphatic heterocycles. The van der Waals surface area contributed by atoms with Gasteiger partial charge in [-0.25, -0.2) is 9.69 Å². The average molecular weight is 340 g/mol. The first kappa shape index (κ1) is 19.4. The van der Waals surface area contributed by atoms with E-state index in [0.717, 1.165) is 22.0 Å². The van der Waals surface area contributed by atoms with Crippen molar-refractivity contribution in [2.45, 2.75) is 58.1 Å². The summed E-state index contributed by atoms with van der Waals surface area (Å²) in [5.74, 6) is 0.936. The summed E-state index contributed by atoms with van der Waals surface area (Å²) >= 11 is 1.61. The summed E-state index contributed by atoms with van der Waals surface area (Å²) in [5, 5.41) is 16.4. The highest BCUT2D eigenvalue weighted by Crippen LogP contribution is 2.14. The van der Waals surface area contributed by atoms with Crippen molar-refractivity contribution in [1.29, 1.82) is 5.41 Å². The number of rotatable bonds is 7. The molecule has 1 unspecified atom stereocenters. The van der Waals surface area contributed by atoms with Gasteiger partial charge in [0, 0.05) is 0 Å². The van der Waals surface area contributed by atoms with Crippen LogP contribution in [0.5, 0.6) is 0 Å². The molecule has 23 heavy (non-hydrogen) atoms. The Balaban J connectivity index is 2.57. The van der Waals surface area contributed by atoms with Gasteiger partial charge in [0.05, 0.1) is 18.6 Å². The Kier molecular flexibility index (Phi) is 7.44. The first-order chi connectivity index (χ1) is 10.8. The quantitative estimate of drug-likeness (QED) is 0.355. The van der Waals surface area contributed by atoms with Crippen LogP contribution >= 0.6 is 11.8 Å². The number of carbonyl (C=O) groups is 1. The van der Waals surface area contributed by atoms with Gasteiger partial charge >= 0.3 is 6.09 Å². The Morgan fingerprint density at radius 2 is 2.13 bits per heavy atom. The minimum atomic E-state index is -0.645. The van der Waals surface area contributed by atoms with Gasteiger partial charge in [0.15, 0.2) is 0 Å². The molecular weight excluding hydrogens is 316 g/mol. The van der Waals surface area contributed by atoms with Gasteiger partial charge in [-0.15, -0.1) is 16.9 Å². The molecule has 1 aromatic rings. The molecule has 8 heteroatoms. The molecule has 0 aliphatic rings. The number of nitrogens with zero attached hydrogens (tertiary/aromatic N) is 3. The van der Waals surface area contributed by atoms with Gasteiger partial charge in [0.1, 0.15) is 16.9 Å². The van der Waals surface area contributed by atoms with Crippen LogP contribution in [-0.2, 0) is 16.1 Å². The second-order valence-electron chi connectivity index (χ2n) is 5.72. The maximum atomic E-state index is 12.0. The van der Waals surface area contributed by atoms with Gasteiger partial charge in [0.2, 0.25) is 0 Å². The van der Waals surface area contributed by atoms with E-state index >= 15 is 0 Å². The lowest BCUT2D eigenvalue weighted by atomic mass is 10.2. The molecule has 0 radical (unpaired) electrons. The molecule has 1 rings (SSSR count). The molecule has 0 fully saturated rings. The van der Waals surface area contributed by atoms with Crippen LogP contribution in [-0.4, -0.2) is 45.1 Å². The lowest BCUT2D eigenvalue weighted by Gasteiger charge is -2.28. The molecule has 0 saturated heterocycles. The summed E-state index contributed by atoms with van der Waals surface area (Å²) in [7, 11) is 0. The van der Waals surface area contributed by atoms with Gasteiger partial charge in [0.25, 0.3) is 0 Å². The maximum absolute atomic E-state index is 12.0. The van der Waals surface area contributed by atoms with E-state index in [-0.39, 0.29) is 6.61 Å². The summed E-state index contributed by atoms with van der Waals surface area (Å²) < 4.78 is 10.8. The van der Waals surface area contributed by atoms with Crippen molar-refractivity contribution >= 4 is 24.2 Å². The van der Waals surface area contributed by atoms with Gasteiger partial charge in [-0.2, -0.15) is 5.10 Å². The van der Waals surface area contributed by atoms with Crippen LogP contribution in [0, 0.1) is 5.41 Å². The fraction of sp³-hybridized carbons (Fsp3) is 0.600. The second-order valence-corrected chi connectivity index (χ2v) is 7.01. The third-order valence-corrected chi connectivity index (χ3v) is 3.40. The number of hydrogen-bond acceptors (Lipinski definition) is 7. The van der Waals surface area contributed by atoms with E-state index in [1.807, 2.05) is 19.1 Å². The number of carbonyl (C=O) groups excluding carboxylic acids is 1. The van der Waals surface area contributed by atoms with E-state index in [4.69, 9.17) is 14.9 Å². The van der Waals surface area contributed by atoms with E-state index in [2.05, 4.69) is 10.2 Å². The van der Waals surface area contributed by atoms with Crippen LogP contribution in [0.25, 0.3) is 0 Å². The highest BCUT2D eigenvalue weighted by atomic mass is 32.2. The molecule has 0 aromatic carbocycles. The van der Waals surface area contributed by atoms with Crippen molar-refractivity contribution in [1.82, 2.24) is 15.1 Å². The minimum Gasteiger partial charge on any atom is -0.443 e. The van der Waals surface area contributed by atoms with E-state index in [9.17, 15) is 4.79 Å². The Labute approximate surface area is 141 Å². The SMILES string of the molecule is CCSc1ccc(COC(C)N(C=N)C(=O)OC(C)(C)C)nn1. The molecule has 7 nitrogen and oxygen atoms in total. The van der Waals surface area contributed by atoms with Gasteiger partial charge in [-0.1, -0.05) is 6.92 Å².